The molecule has 2 aromatic carbocycles. The largest absolute Gasteiger partial charge is 0.385 e. The van der Waals surface area contributed by atoms with Crippen LogP contribution >= 0.6 is 11.3 Å². The lowest BCUT2D eigenvalue weighted by Crippen LogP contribution is -2.21. The highest BCUT2D eigenvalue weighted by atomic mass is 32.2. The number of hydrogen-bond acceptors (Lipinski definition) is 6. The zero-order valence-electron chi connectivity index (χ0n) is 19.6. The van der Waals surface area contributed by atoms with E-state index in [1.165, 1.54) is 11.3 Å². The van der Waals surface area contributed by atoms with Crippen LogP contribution in [0.5, 0.6) is 0 Å². The fraction of sp³-hybridized carbons (Fsp3) is 0.185. The molecule has 0 fully saturated rings. The maximum Gasteiger partial charge on any atom is 0.261 e. The second-order valence-corrected chi connectivity index (χ2v) is 11.7. The van der Waals surface area contributed by atoms with Gasteiger partial charge in [-0.15, -0.1) is 11.3 Å². The third kappa shape index (κ3) is 5.78. The Morgan fingerprint density at radius 1 is 1.03 bits per heavy atom. The van der Waals surface area contributed by atoms with E-state index in [9.17, 15) is 13.2 Å². The van der Waals surface area contributed by atoms with Crippen molar-refractivity contribution in [1.82, 2.24) is 15.6 Å². The van der Waals surface area contributed by atoms with E-state index < -0.39 is 9.84 Å². The Kier molecular flexibility index (Phi) is 7.33. The Morgan fingerprint density at radius 2 is 1.80 bits per heavy atom. The minimum atomic E-state index is -3.69. The van der Waals surface area contributed by atoms with Crippen molar-refractivity contribution in [3.63, 3.8) is 0 Å². The maximum absolute atomic E-state index is 13.2. The van der Waals surface area contributed by atoms with Gasteiger partial charge >= 0.3 is 0 Å². The molecule has 35 heavy (non-hydrogen) atoms. The van der Waals surface area contributed by atoms with E-state index >= 15 is 0 Å². The summed E-state index contributed by atoms with van der Waals surface area (Å²) in [5.74, 6) is 0.273. The summed E-state index contributed by atoms with van der Waals surface area (Å²) in [5.41, 5.74) is 2.24. The average molecular weight is 506 g/mol. The lowest BCUT2D eigenvalue weighted by molar-refractivity contribution is 0.0955. The van der Waals surface area contributed by atoms with Crippen LogP contribution in [0.15, 0.2) is 89.4 Å². The third-order valence-electron chi connectivity index (χ3n) is 5.45. The van der Waals surface area contributed by atoms with Crippen molar-refractivity contribution in [3.05, 3.63) is 95.6 Å². The molecule has 4 rings (SSSR count). The van der Waals surface area contributed by atoms with Gasteiger partial charge in [0.05, 0.1) is 19.4 Å². The van der Waals surface area contributed by atoms with Gasteiger partial charge in [-0.25, -0.2) is 8.42 Å². The number of thiophene rings is 1. The first kappa shape index (κ1) is 24.6. The van der Waals surface area contributed by atoms with Crippen molar-refractivity contribution in [3.8, 4) is 0 Å². The summed E-state index contributed by atoms with van der Waals surface area (Å²) in [7, 11) is -3.69. The van der Waals surface area contributed by atoms with Gasteiger partial charge in [0, 0.05) is 31.2 Å². The van der Waals surface area contributed by atoms with Crippen molar-refractivity contribution < 1.29 is 13.2 Å². The summed E-state index contributed by atoms with van der Waals surface area (Å²) in [6.45, 7) is 9.27. The van der Waals surface area contributed by atoms with Gasteiger partial charge in [-0.05, 0) is 58.8 Å². The van der Waals surface area contributed by atoms with Crippen molar-refractivity contribution in [2.75, 3.05) is 6.54 Å². The predicted molar refractivity (Wildman–Crippen MR) is 141 cm³/mol. The zero-order chi connectivity index (χ0) is 25.0. The van der Waals surface area contributed by atoms with Crippen LogP contribution in [0, 0.1) is 5.92 Å². The first-order valence-electron chi connectivity index (χ1n) is 11.2. The molecule has 0 spiro atoms. The number of pyridine rings is 1. The number of nitrogens with one attached hydrogen (secondary N) is 2. The molecular formula is C27H27N3O3S2. The molecule has 6 nitrogen and oxygen atoms in total. The van der Waals surface area contributed by atoms with Gasteiger partial charge in [-0.1, -0.05) is 44.7 Å². The predicted octanol–water partition coefficient (Wildman–Crippen LogP) is 5.28. The minimum absolute atomic E-state index is 0.175. The molecule has 8 heteroatoms. The quantitative estimate of drug-likeness (QED) is 0.323. The molecule has 0 bridgehead atoms. The number of rotatable bonds is 9. The van der Waals surface area contributed by atoms with E-state index in [1.807, 2.05) is 18.2 Å². The van der Waals surface area contributed by atoms with Gasteiger partial charge in [0.2, 0.25) is 9.84 Å². The summed E-state index contributed by atoms with van der Waals surface area (Å²) >= 11 is 1.39. The summed E-state index contributed by atoms with van der Waals surface area (Å²) in [6, 6.07) is 17.1. The standard InChI is InChI=1S/C27H27N3O3S2/c1-18(2)15-29-19(3)21-5-4-6-24(13-21)35(32,33)23-9-7-20(8-10-23)16-30-27(31)25-14-22-11-12-28-17-26(22)34-25/h4-14,17-18,29H,3,15-16H2,1-2H3,(H,30,31). The highest BCUT2D eigenvalue weighted by Gasteiger charge is 2.18. The minimum Gasteiger partial charge on any atom is -0.385 e. The van der Waals surface area contributed by atoms with E-state index in [4.69, 9.17) is 0 Å². The molecule has 2 N–H and O–H groups in total. The first-order chi connectivity index (χ1) is 16.7. The Morgan fingerprint density at radius 3 is 2.51 bits per heavy atom. The number of fused-ring (bicyclic) bond motifs is 1. The van der Waals surface area contributed by atoms with Gasteiger partial charge in [0.25, 0.3) is 5.91 Å². The van der Waals surface area contributed by atoms with Gasteiger partial charge < -0.3 is 10.6 Å². The van der Waals surface area contributed by atoms with Crippen LogP contribution in [0.2, 0.25) is 0 Å². The highest BCUT2D eigenvalue weighted by molar-refractivity contribution is 7.91. The molecule has 0 saturated heterocycles. The van der Waals surface area contributed by atoms with E-state index in [2.05, 4.69) is 36.0 Å². The van der Waals surface area contributed by atoms with Crippen molar-refractivity contribution in [1.29, 1.82) is 0 Å². The lowest BCUT2D eigenvalue weighted by Gasteiger charge is -2.13. The fourth-order valence-electron chi connectivity index (χ4n) is 3.47. The Labute approximate surface area is 209 Å². The molecule has 0 aliphatic rings. The van der Waals surface area contributed by atoms with E-state index in [1.54, 1.807) is 54.9 Å². The first-order valence-corrected chi connectivity index (χ1v) is 13.5. The fourth-order valence-corrected chi connectivity index (χ4v) is 5.72. The number of sulfone groups is 1. The molecule has 0 radical (unpaired) electrons. The van der Waals surface area contributed by atoms with Crippen LogP contribution in [0.1, 0.15) is 34.6 Å². The Balaban J connectivity index is 1.43. The molecule has 0 aliphatic heterocycles. The Bertz CT molecular complexity index is 1440. The van der Waals surface area contributed by atoms with Gasteiger partial charge in [-0.2, -0.15) is 0 Å². The lowest BCUT2D eigenvalue weighted by atomic mass is 10.1. The second kappa shape index (κ2) is 10.4. The van der Waals surface area contributed by atoms with Crippen LogP contribution < -0.4 is 10.6 Å². The number of carbonyl (C=O) groups is 1. The SMILES string of the molecule is C=C(NCC(C)C)c1cccc(S(=O)(=O)c2ccc(CNC(=O)c3cc4ccncc4s3)cc2)c1. The summed E-state index contributed by atoms with van der Waals surface area (Å²) in [5, 5.41) is 7.11. The van der Waals surface area contributed by atoms with Gasteiger partial charge in [-0.3, -0.25) is 9.78 Å². The molecule has 1 amide bonds. The van der Waals surface area contributed by atoms with E-state index in [-0.39, 0.29) is 15.7 Å². The Hall–Kier alpha value is -3.49. The molecule has 4 aromatic rings. The van der Waals surface area contributed by atoms with E-state index in [0.717, 1.165) is 27.8 Å². The van der Waals surface area contributed by atoms with Crippen LogP contribution in [-0.2, 0) is 16.4 Å². The molecule has 2 aromatic heterocycles. The molecule has 2 heterocycles. The normalized spacial score (nSPS) is 11.5. The molecule has 0 aliphatic carbocycles. The van der Waals surface area contributed by atoms with Crippen molar-refractivity contribution in [2.24, 2.45) is 5.92 Å². The number of carbonyl (C=O) groups excluding carboxylic acids is 1. The smallest absolute Gasteiger partial charge is 0.261 e. The van der Waals surface area contributed by atoms with E-state index in [0.29, 0.717) is 23.0 Å². The van der Waals surface area contributed by atoms with Crippen LogP contribution in [0.25, 0.3) is 15.8 Å². The summed E-state index contributed by atoms with van der Waals surface area (Å²) in [4.78, 5) is 17.6. The topological polar surface area (TPSA) is 88.2 Å². The molecule has 0 unspecified atom stereocenters. The number of nitrogens with zero attached hydrogens (tertiary/aromatic N) is 1. The van der Waals surface area contributed by atoms with Crippen LogP contribution in [0.3, 0.4) is 0 Å². The van der Waals surface area contributed by atoms with Crippen molar-refractivity contribution >= 4 is 42.9 Å². The van der Waals surface area contributed by atoms with Crippen molar-refractivity contribution in [2.45, 2.75) is 30.2 Å². The van der Waals surface area contributed by atoms with Crippen LogP contribution in [-0.4, -0.2) is 25.9 Å². The zero-order valence-corrected chi connectivity index (χ0v) is 21.2. The maximum atomic E-state index is 13.2. The van der Waals surface area contributed by atoms with Crippen LogP contribution in [0.4, 0.5) is 0 Å². The number of amides is 1. The number of benzene rings is 2. The molecule has 0 saturated carbocycles. The highest BCUT2D eigenvalue weighted by Crippen LogP contribution is 2.25. The van der Waals surface area contributed by atoms with Gasteiger partial charge in [0.15, 0.2) is 0 Å². The summed E-state index contributed by atoms with van der Waals surface area (Å²) < 4.78 is 27.4. The monoisotopic (exact) mass is 505 g/mol. The van der Waals surface area contributed by atoms with Gasteiger partial charge in [0.1, 0.15) is 0 Å². The molecule has 0 atom stereocenters. The second-order valence-electron chi connectivity index (χ2n) is 8.64. The number of hydrogen-bond donors (Lipinski definition) is 2. The summed E-state index contributed by atoms with van der Waals surface area (Å²) in [6.07, 6.45) is 3.44. The number of aromatic nitrogens is 1. The average Bonchev–Trinajstić information content (AvgIpc) is 3.30. The molecule has 180 valence electrons. The molecular weight excluding hydrogens is 478 g/mol. The third-order valence-corrected chi connectivity index (χ3v) is 8.30.